The van der Waals surface area contributed by atoms with Crippen molar-refractivity contribution < 1.29 is 4.52 Å². The molecule has 1 aliphatic rings. The Bertz CT molecular complexity index is 929. The van der Waals surface area contributed by atoms with Crippen molar-refractivity contribution in [2.45, 2.75) is 52.6 Å². The first-order valence-electron chi connectivity index (χ1n) is 9.78. The zero-order valence-corrected chi connectivity index (χ0v) is 16.4. The van der Waals surface area contributed by atoms with Crippen LogP contribution in [-0.2, 0) is 25.9 Å². The molecule has 0 atom stereocenters. The number of aryl methyl sites for hydroxylation is 1. The molecule has 0 amide bonds. The summed E-state index contributed by atoms with van der Waals surface area (Å²) in [5.74, 6) is 2.03. The minimum absolute atomic E-state index is 0.561. The van der Waals surface area contributed by atoms with E-state index in [0.29, 0.717) is 18.4 Å². The summed E-state index contributed by atoms with van der Waals surface area (Å²) in [5.41, 5.74) is 6.83. The monoisotopic (exact) mass is 361 g/mol. The Kier molecular flexibility index (Phi) is 5.08. The molecule has 4 heteroatoms. The Morgan fingerprint density at radius 2 is 1.96 bits per heavy atom. The van der Waals surface area contributed by atoms with Crippen LogP contribution in [0.2, 0.25) is 0 Å². The second-order valence-electron chi connectivity index (χ2n) is 7.85. The molecule has 1 aromatic heterocycles. The lowest BCUT2D eigenvalue weighted by atomic mass is 9.93. The van der Waals surface area contributed by atoms with E-state index in [1.807, 2.05) is 0 Å². The van der Waals surface area contributed by atoms with Gasteiger partial charge in [-0.3, -0.25) is 4.90 Å². The summed E-state index contributed by atoms with van der Waals surface area (Å²) < 4.78 is 5.53. The van der Waals surface area contributed by atoms with E-state index in [9.17, 15) is 0 Å². The van der Waals surface area contributed by atoms with Crippen molar-refractivity contribution in [1.82, 2.24) is 15.0 Å². The standard InChI is InChI=1S/C23H27N3O/c1-16(2)19-9-8-18-10-11-26(14-21(18)12-19)15-23-24-22(25-27-23)13-20-7-5-4-6-17(20)3/h4-9,12,16H,10-11,13-15H2,1-3H3. The highest BCUT2D eigenvalue weighted by molar-refractivity contribution is 5.35. The van der Waals surface area contributed by atoms with E-state index in [1.54, 1.807) is 0 Å². The minimum atomic E-state index is 0.561. The van der Waals surface area contributed by atoms with Gasteiger partial charge in [-0.05, 0) is 47.1 Å². The zero-order chi connectivity index (χ0) is 18.8. The van der Waals surface area contributed by atoms with Crippen LogP contribution in [0.25, 0.3) is 0 Å². The fourth-order valence-electron chi connectivity index (χ4n) is 3.73. The highest BCUT2D eigenvalue weighted by Crippen LogP contribution is 2.25. The van der Waals surface area contributed by atoms with Crippen molar-refractivity contribution in [3.8, 4) is 0 Å². The van der Waals surface area contributed by atoms with Gasteiger partial charge in [-0.15, -0.1) is 0 Å². The van der Waals surface area contributed by atoms with Gasteiger partial charge in [0.15, 0.2) is 5.82 Å². The van der Waals surface area contributed by atoms with Crippen molar-refractivity contribution in [1.29, 1.82) is 0 Å². The molecule has 4 nitrogen and oxygen atoms in total. The molecule has 2 aromatic carbocycles. The molecule has 0 N–H and O–H groups in total. The van der Waals surface area contributed by atoms with Crippen molar-refractivity contribution >= 4 is 0 Å². The average molecular weight is 361 g/mol. The van der Waals surface area contributed by atoms with Gasteiger partial charge in [0, 0.05) is 19.5 Å². The third-order valence-corrected chi connectivity index (χ3v) is 5.47. The van der Waals surface area contributed by atoms with E-state index in [1.165, 1.54) is 27.8 Å². The lowest BCUT2D eigenvalue weighted by Crippen LogP contribution is -2.30. The van der Waals surface area contributed by atoms with Crippen LogP contribution < -0.4 is 0 Å². The number of nitrogens with zero attached hydrogens (tertiary/aromatic N) is 3. The highest BCUT2D eigenvalue weighted by Gasteiger charge is 2.19. The predicted octanol–water partition coefficient (Wildman–Crippen LogP) is 4.65. The van der Waals surface area contributed by atoms with E-state index in [0.717, 1.165) is 31.8 Å². The van der Waals surface area contributed by atoms with Gasteiger partial charge in [0.25, 0.3) is 0 Å². The van der Waals surface area contributed by atoms with E-state index in [2.05, 4.69) is 78.3 Å². The molecule has 0 radical (unpaired) electrons. The Labute approximate surface area is 161 Å². The van der Waals surface area contributed by atoms with Crippen LogP contribution >= 0.6 is 0 Å². The van der Waals surface area contributed by atoms with Gasteiger partial charge < -0.3 is 4.52 Å². The summed E-state index contributed by atoms with van der Waals surface area (Å²) in [6, 6.07) is 15.3. The summed E-state index contributed by atoms with van der Waals surface area (Å²) in [6.07, 6.45) is 1.80. The number of benzene rings is 2. The van der Waals surface area contributed by atoms with Crippen LogP contribution in [0.5, 0.6) is 0 Å². The summed E-state index contributed by atoms with van der Waals surface area (Å²) in [7, 11) is 0. The number of fused-ring (bicyclic) bond motifs is 1. The van der Waals surface area contributed by atoms with Crippen molar-refractivity contribution in [2.75, 3.05) is 6.54 Å². The molecule has 0 unspecified atom stereocenters. The third kappa shape index (κ3) is 4.11. The molecular weight excluding hydrogens is 334 g/mol. The number of hydrogen-bond donors (Lipinski definition) is 0. The quantitative estimate of drug-likeness (QED) is 0.663. The summed E-state index contributed by atoms with van der Waals surface area (Å²) in [5, 5.41) is 4.19. The first-order chi connectivity index (χ1) is 13.1. The van der Waals surface area contributed by atoms with Crippen LogP contribution in [0.4, 0.5) is 0 Å². The first-order valence-corrected chi connectivity index (χ1v) is 9.78. The lowest BCUT2D eigenvalue weighted by molar-refractivity contribution is 0.210. The Hall–Kier alpha value is -2.46. The molecular formula is C23H27N3O. The average Bonchev–Trinajstić information content (AvgIpc) is 3.10. The number of rotatable bonds is 5. The van der Waals surface area contributed by atoms with E-state index in [4.69, 9.17) is 4.52 Å². The van der Waals surface area contributed by atoms with E-state index >= 15 is 0 Å². The molecule has 0 spiro atoms. The first kappa shape index (κ1) is 17.9. The normalized spacial score (nSPS) is 14.5. The molecule has 4 rings (SSSR count). The Morgan fingerprint density at radius 3 is 2.78 bits per heavy atom. The van der Waals surface area contributed by atoms with Gasteiger partial charge in [0.2, 0.25) is 5.89 Å². The van der Waals surface area contributed by atoms with Gasteiger partial charge in [-0.2, -0.15) is 4.98 Å². The maximum atomic E-state index is 5.53. The topological polar surface area (TPSA) is 42.2 Å². The second-order valence-corrected chi connectivity index (χ2v) is 7.85. The van der Waals surface area contributed by atoms with E-state index in [-0.39, 0.29) is 0 Å². The molecule has 0 aliphatic carbocycles. The molecule has 0 fully saturated rings. The Balaban J connectivity index is 1.42. The fraction of sp³-hybridized carbons (Fsp3) is 0.391. The fourth-order valence-corrected chi connectivity index (χ4v) is 3.73. The van der Waals surface area contributed by atoms with Gasteiger partial charge in [-0.1, -0.05) is 61.5 Å². The maximum absolute atomic E-state index is 5.53. The van der Waals surface area contributed by atoms with Crippen molar-refractivity contribution in [3.63, 3.8) is 0 Å². The van der Waals surface area contributed by atoms with Gasteiger partial charge in [-0.25, -0.2) is 0 Å². The molecule has 3 aromatic rings. The third-order valence-electron chi connectivity index (χ3n) is 5.47. The van der Waals surface area contributed by atoms with Gasteiger partial charge in [0.05, 0.1) is 6.54 Å². The summed E-state index contributed by atoms with van der Waals surface area (Å²) >= 11 is 0. The smallest absolute Gasteiger partial charge is 0.240 e. The van der Waals surface area contributed by atoms with Crippen LogP contribution in [0.1, 0.15) is 59.3 Å². The van der Waals surface area contributed by atoms with Crippen LogP contribution in [-0.4, -0.2) is 21.6 Å². The lowest BCUT2D eigenvalue weighted by Gasteiger charge is -2.28. The molecule has 1 aliphatic heterocycles. The van der Waals surface area contributed by atoms with Gasteiger partial charge in [0.1, 0.15) is 0 Å². The summed E-state index contributed by atoms with van der Waals surface area (Å²) in [6.45, 7) is 9.31. The van der Waals surface area contributed by atoms with Crippen molar-refractivity contribution in [3.05, 3.63) is 82.0 Å². The molecule has 0 bridgehead atoms. The second kappa shape index (κ2) is 7.65. The maximum Gasteiger partial charge on any atom is 0.240 e. The number of aromatic nitrogens is 2. The van der Waals surface area contributed by atoms with Gasteiger partial charge >= 0.3 is 0 Å². The van der Waals surface area contributed by atoms with Crippen LogP contribution in [0, 0.1) is 6.92 Å². The minimum Gasteiger partial charge on any atom is -0.338 e. The molecule has 0 saturated heterocycles. The molecule has 140 valence electrons. The SMILES string of the molecule is Cc1ccccc1Cc1noc(CN2CCc3ccc(C(C)C)cc3C2)n1. The Morgan fingerprint density at radius 1 is 1.11 bits per heavy atom. The molecule has 2 heterocycles. The zero-order valence-electron chi connectivity index (χ0n) is 16.4. The van der Waals surface area contributed by atoms with E-state index < -0.39 is 0 Å². The number of hydrogen-bond acceptors (Lipinski definition) is 4. The summed E-state index contributed by atoms with van der Waals surface area (Å²) in [4.78, 5) is 7.02. The molecule has 27 heavy (non-hydrogen) atoms. The van der Waals surface area contributed by atoms with Crippen LogP contribution in [0.3, 0.4) is 0 Å². The molecule has 0 saturated carbocycles. The van der Waals surface area contributed by atoms with Crippen LogP contribution in [0.15, 0.2) is 47.0 Å². The largest absolute Gasteiger partial charge is 0.338 e. The van der Waals surface area contributed by atoms with Crippen molar-refractivity contribution in [2.24, 2.45) is 0 Å². The highest BCUT2D eigenvalue weighted by atomic mass is 16.5. The predicted molar refractivity (Wildman–Crippen MR) is 107 cm³/mol.